The van der Waals surface area contributed by atoms with Crippen molar-refractivity contribution in [3.8, 4) is 10.6 Å². The molecular formula is C19H27BrN2S. The van der Waals surface area contributed by atoms with Gasteiger partial charge in [0.05, 0.1) is 0 Å². The molecule has 0 aliphatic rings. The summed E-state index contributed by atoms with van der Waals surface area (Å²) in [6, 6.07) is 8.56. The minimum atomic E-state index is 0.896. The maximum atomic E-state index is 4.35. The third-order valence-electron chi connectivity index (χ3n) is 4.07. The minimum Gasteiger partial charge on any atom is -0.143 e. The molecule has 0 saturated heterocycles. The van der Waals surface area contributed by atoms with Gasteiger partial charge in [0.2, 0.25) is 0 Å². The molecule has 23 heavy (non-hydrogen) atoms. The first-order valence-corrected chi connectivity index (χ1v) is 10.7. The Kier molecular flexibility index (Phi) is 8.83. The van der Waals surface area contributed by atoms with E-state index in [1.54, 1.807) is 11.3 Å². The van der Waals surface area contributed by atoms with Crippen LogP contribution in [0.15, 0.2) is 24.3 Å². The van der Waals surface area contributed by atoms with Crippen LogP contribution in [0.3, 0.4) is 0 Å². The molecule has 0 saturated carbocycles. The summed E-state index contributed by atoms with van der Waals surface area (Å²) in [6.45, 7) is 2.27. The molecule has 0 unspecified atom stereocenters. The second kappa shape index (κ2) is 10.9. The molecule has 0 aliphatic carbocycles. The first-order chi connectivity index (χ1) is 11.3. The van der Waals surface area contributed by atoms with E-state index in [2.05, 4.69) is 57.3 Å². The van der Waals surface area contributed by atoms with Gasteiger partial charge < -0.3 is 0 Å². The van der Waals surface area contributed by atoms with Crippen molar-refractivity contribution in [2.45, 2.75) is 70.0 Å². The highest BCUT2D eigenvalue weighted by Crippen LogP contribution is 2.25. The van der Waals surface area contributed by atoms with E-state index in [4.69, 9.17) is 0 Å². The fraction of sp³-hybridized carbons (Fsp3) is 0.579. The zero-order chi connectivity index (χ0) is 16.3. The average Bonchev–Trinajstić information content (AvgIpc) is 3.06. The quantitative estimate of drug-likeness (QED) is 0.309. The van der Waals surface area contributed by atoms with Crippen molar-refractivity contribution in [3.05, 3.63) is 34.8 Å². The SMILES string of the molecule is CCCCCCCCCCc1nnc(-c2ccc(CBr)cc2)s1. The van der Waals surface area contributed by atoms with Crippen molar-refractivity contribution in [2.24, 2.45) is 0 Å². The number of unbranched alkanes of at least 4 members (excludes halogenated alkanes) is 7. The highest BCUT2D eigenvalue weighted by atomic mass is 79.9. The zero-order valence-electron chi connectivity index (χ0n) is 14.1. The molecule has 1 aromatic carbocycles. The molecule has 2 nitrogen and oxygen atoms in total. The lowest BCUT2D eigenvalue weighted by Gasteiger charge is -2.00. The van der Waals surface area contributed by atoms with E-state index in [0.717, 1.165) is 16.8 Å². The summed E-state index contributed by atoms with van der Waals surface area (Å²) in [5.41, 5.74) is 2.46. The van der Waals surface area contributed by atoms with E-state index in [9.17, 15) is 0 Å². The van der Waals surface area contributed by atoms with E-state index < -0.39 is 0 Å². The maximum absolute atomic E-state index is 4.35. The van der Waals surface area contributed by atoms with Crippen LogP contribution in [0.2, 0.25) is 0 Å². The molecule has 4 heteroatoms. The van der Waals surface area contributed by atoms with Gasteiger partial charge in [-0.25, -0.2) is 0 Å². The van der Waals surface area contributed by atoms with Crippen LogP contribution in [0.25, 0.3) is 10.6 Å². The van der Waals surface area contributed by atoms with Crippen molar-refractivity contribution in [1.82, 2.24) is 10.2 Å². The van der Waals surface area contributed by atoms with Gasteiger partial charge in [0.25, 0.3) is 0 Å². The fourth-order valence-electron chi connectivity index (χ4n) is 2.62. The van der Waals surface area contributed by atoms with Crippen molar-refractivity contribution in [2.75, 3.05) is 0 Å². The van der Waals surface area contributed by atoms with Gasteiger partial charge in [-0.1, -0.05) is 103 Å². The summed E-state index contributed by atoms with van der Waals surface area (Å²) in [5.74, 6) is 0. The standard InChI is InChI=1S/C19H27BrN2S/c1-2-3-4-5-6-7-8-9-10-18-21-22-19(23-18)17-13-11-16(15-20)12-14-17/h11-14H,2-10,15H2,1H3. The molecule has 0 spiro atoms. The summed E-state index contributed by atoms with van der Waals surface area (Å²) in [7, 11) is 0. The van der Waals surface area contributed by atoms with Crippen LogP contribution >= 0.6 is 27.3 Å². The summed E-state index contributed by atoms with van der Waals surface area (Å²) >= 11 is 5.22. The highest BCUT2D eigenvalue weighted by Gasteiger charge is 2.06. The van der Waals surface area contributed by atoms with Gasteiger partial charge in [0.15, 0.2) is 0 Å². The topological polar surface area (TPSA) is 25.8 Å². The summed E-state index contributed by atoms with van der Waals surface area (Å²) in [5, 5.41) is 11.8. The van der Waals surface area contributed by atoms with Gasteiger partial charge in [0, 0.05) is 17.3 Å². The zero-order valence-corrected chi connectivity index (χ0v) is 16.5. The Hall–Kier alpha value is -0.740. The van der Waals surface area contributed by atoms with E-state index in [0.29, 0.717) is 0 Å². The molecule has 0 aliphatic heterocycles. The molecular weight excluding hydrogens is 368 g/mol. The van der Waals surface area contributed by atoms with Crippen molar-refractivity contribution in [3.63, 3.8) is 0 Å². The number of nitrogens with zero attached hydrogens (tertiary/aromatic N) is 2. The molecule has 1 aromatic heterocycles. The second-order valence-corrected chi connectivity index (χ2v) is 7.68. The lowest BCUT2D eigenvalue weighted by molar-refractivity contribution is 0.574. The van der Waals surface area contributed by atoms with Gasteiger partial charge in [-0.2, -0.15) is 0 Å². The smallest absolute Gasteiger partial charge is 0.143 e. The Bertz CT molecular complexity index is 551. The second-order valence-electron chi connectivity index (χ2n) is 6.06. The van der Waals surface area contributed by atoms with Gasteiger partial charge in [-0.15, -0.1) is 10.2 Å². The molecule has 0 radical (unpaired) electrons. The van der Waals surface area contributed by atoms with Crippen molar-refractivity contribution < 1.29 is 0 Å². The Morgan fingerprint density at radius 1 is 0.870 bits per heavy atom. The lowest BCUT2D eigenvalue weighted by atomic mass is 10.1. The number of aromatic nitrogens is 2. The molecule has 0 fully saturated rings. The first-order valence-electron chi connectivity index (χ1n) is 8.81. The predicted molar refractivity (Wildman–Crippen MR) is 104 cm³/mol. The molecule has 2 rings (SSSR count). The van der Waals surface area contributed by atoms with E-state index in [1.165, 1.54) is 67.5 Å². The van der Waals surface area contributed by atoms with Crippen LogP contribution in [-0.4, -0.2) is 10.2 Å². The van der Waals surface area contributed by atoms with Gasteiger partial charge in [-0.3, -0.25) is 0 Å². The number of rotatable bonds is 11. The molecule has 0 N–H and O–H groups in total. The monoisotopic (exact) mass is 394 g/mol. The number of aryl methyl sites for hydroxylation is 1. The number of halogens is 1. The molecule has 2 aromatic rings. The first kappa shape index (κ1) is 18.6. The number of benzene rings is 1. The van der Waals surface area contributed by atoms with Crippen LogP contribution in [0.5, 0.6) is 0 Å². The normalized spacial score (nSPS) is 11.0. The molecule has 126 valence electrons. The Labute approximate surface area is 152 Å². The van der Waals surface area contributed by atoms with E-state index >= 15 is 0 Å². The van der Waals surface area contributed by atoms with Crippen LogP contribution in [0.1, 0.15) is 68.9 Å². The third-order valence-corrected chi connectivity index (χ3v) is 5.75. The Morgan fingerprint density at radius 2 is 1.52 bits per heavy atom. The summed E-state index contributed by atoms with van der Waals surface area (Å²) < 4.78 is 0. The van der Waals surface area contributed by atoms with Crippen LogP contribution in [0.4, 0.5) is 0 Å². The maximum Gasteiger partial charge on any atom is 0.147 e. The summed E-state index contributed by atoms with van der Waals surface area (Å²) in [6.07, 6.45) is 11.9. The number of hydrogen-bond donors (Lipinski definition) is 0. The molecule has 0 bridgehead atoms. The number of hydrogen-bond acceptors (Lipinski definition) is 3. The van der Waals surface area contributed by atoms with Gasteiger partial charge in [0.1, 0.15) is 10.0 Å². The fourth-order valence-corrected chi connectivity index (χ4v) is 3.88. The van der Waals surface area contributed by atoms with Gasteiger partial charge >= 0.3 is 0 Å². The Balaban J connectivity index is 1.68. The largest absolute Gasteiger partial charge is 0.147 e. The Morgan fingerprint density at radius 3 is 2.17 bits per heavy atom. The third kappa shape index (κ3) is 6.72. The predicted octanol–water partition coefficient (Wildman–Crippen LogP) is 6.78. The lowest BCUT2D eigenvalue weighted by Crippen LogP contribution is -1.85. The van der Waals surface area contributed by atoms with E-state index in [-0.39, 0.29) is 0 Å². The minimum absolute atomic E-state index is 0.896. The number of alkyl halides is 1. The van der Waals surface area contributed by atoms with Crippen LogP contribution in [-0.2, 0) is 11.8 Å². The molecule has 0 amide bonds. The van der Waals surface area contributed by atoms with Crippen LogP contribution in [0, 0.1) is 0 Å². The summed E-state index contributed by atoms with van der Waals surface area (Å²) in [4.78, 5) is 0. The van der Waals surface area contributed by atoms with Crippen molar-refractivity contribution >= 4 is 27.3 Å². The highest BCUT2D eigenvalue weighted by molar-refractivity contribution is 9.08. The molecule has 0 atom stereocenters. The molecule has 1 heterocycles. The van der Waals surface area contributed by atoms with Crippen LogP contribution < -0.4 is 0 Å². The average molecular weight is 395 g/mol. The van der Waals surface area contributed by atoms with Crippen molar-refractivity contribution in [1.29, 1.82) is 0 Å². The van der Waals surface area contributed by atoms with E-state index in [1.807, 2.05) is 0 Å². The van der Waals surface area contributed by atoms with Gasteiger partial charge in [-0.05, 0) is 12.0 Å².